The largest absolute Gasteiger partial charge is 0.496 e. The number of hydrogen-bond acceptors (Lipinski definition) is 3. The van der Waals surface area contributed by atoms with E-state index in [0.717, 1.165) is 23.5 Å². The second kappa shape index (κ2) is 7.27. The fourth-order valence-electron chi connectivity index (χ4n) is 1.69. The van der Waals surface area contributed by atoms with Crippen molar-refractivity contribution in [3.8, 4) is 5.75 Å². The minimum absolute atomic E-state index is 0.180. The molecule has 1 aromatic carbocycles. The lowest BCUT2D eigenvalue weighted by Gasteiger charge is -2.08. The number of rotatable bonds is 5. The summed E-state index contributed by atoms with van der Waals surface area (Å²) in [6, 6.07) is 4.18. The highest BCUT2D eigenvalue weighted by atomic mass is 32.2. The average molecular weight is 264 g/mol. The third kappa shape index (κ3) is 4.57. The quantitative estimate of drug-likeness (QED) is 0.752. The Bertz CT molecular complexity index is 450. The van der Waals surface area contributed by atoms with Crippen LogP contribution in [0.4, 0.5) is 0 Å². The maximum absolute atomic E-state index is 10.8. The lowest BCUT2D eigenvalue weighted by Crippen LogP contribution is -1.90. The van der Waals surface area contributed by atoms with E-state index in [0.29, 0.717) is 0 Å². The number of thioether (sulfide) groups is 1. The van der Waals surface area contributed by atoms with Crippen LogP contribution in [0.5, 0.6) is 5.75 Å². The highest BCUT2D eigenvalue weighted by Crippen LogP contribution is 2.23. The number of aryl methyl sites for hydroxylation is 2. The summed E-state index contributed by atoms with van der Waals surface area (Å²) in [6.45, 7) is 5.72. The first-order valence-corrected chi connectivity index (χ1v) is 6.98. The van der Waals surface area contributed by atoms with Crippen LogP contribution in [0, 0.1) is 13.8 Å². The van der Waals surface area contributed by atoms with Crippen LogP contribution in [-0.2, 0) is 4.79 Å². The third-order valence-electron chi connectivity index (χ3n) is 2.67. The van der Waals surface area contributed by atoms with Gasteiger partial charge in [0.1, 0.15) is 5.75 Å². The molecule has 0 aliphatic carbocycles. The van der Waals surface area contributed by atoms with Crippen LogP contribution in [0.1, 0.15) is 30.0 Å². The first-order chi connectivity index (χ1) is 8.54. The van der Waals surface area contributed by atoms with Crippen LogP contribution in [0.25, 0.3) is 6.08 Å². The van der Waals surface area contributed by atoms with E-state index in [1.54, 1.807) is 14.0 Å². The van der Waals surface area contributed by atoms with Gasteiger partial charge in [-0.05, 0) is 49.1 Å². The van der Waals surface area contributed by atoms with E-state index >= 15 is 0 Å². The molecule has 0 aliphatic rings. The molecule has 0 heterocycles. The van der Waals surface area contributed by atoms with Crippen molar-refractivity contribution in [3.63, 3.8) is 0 Å². The van der Waals surface area contributed by atoms with E-state index in [1.165, 1.54) is 22.9 Å². The Balaban J connectivity index is 2.64. The monoisotopic (exact) mass is 264 g/mol. The molecule has 0 amide bonds. The molecular formula is C15H20O2S. The molecule has 0 aromatic heterocycles. The highest BCUT2D eigenvalue weighted by Gasteiger charge is 2.02. The fraction of sp³-hybridized carbons (Fsp3) is 0.400. The van der Waals surface area contributed by atoms with Crippen LogP contribution in [0.3, 0.4) is 0 Å². The van der Waals surface area contributed by atoms with Crippen molar-refractivity contribution in [3.05, 3.63) is 34.9 Å². The van der Waals surface area contributed by atoms with Crippen LogP contribution in [0.15, 0.2) is 18.2 Å². The first-order valence-electron chi connectivity index (χ1n) is 5.99. The van der Waals surface area contributed by atoms with Gasteiger partial charge in [0.15, 0.2) is 5.12 Å². The summed E-state index contributed by atoms with van der Waals surface area (Å²) >= 11 is 1.37. The SMILES string of the molecule is COc1cc(C)c(C=CCCSC(C)=O)cc1C. The Labute approximate surface area is 113 Å². The van der Waals surface area contributed by atoms with E-state index in [1.807, 2.05) is 6.92 Å². The van der Waals surface area contributed by atoms with Gasteiger partial charge in [0.25, 0.3) is 0 Å². The van der Waals surface area contributed by atoms with Gasteiger partial charge in [-0.3, -0.25) is 4.79 Å². The Morgan fingerprint density at radius 3 is 2.67 bits per heavy atom. The molecule has 3 heteroatoms. The first kappa shape index (κ1) is 14.8. The molecule has 0 bridgehead atoms. The van der Waals surface area contributed by atoms with Gasteiger partial charge < -0.3 is 4.74 Å². The topological polar surface area (TPSA) is 26.3 Å². The van der Waals surface area contributed by atoms with Gasteiger partial charge in [0.2, 0.25) is 0 Å². The van der Waals surface area contributed by atoms with Gasteiger partial charge in [0.05, 0.1) is 7.11 Å². The summed E-state index contributed by atoms with van der Waals surface area (Å²) in [6.07, 6.45) is 5.14. The van der Waals surface area contributed by atoms with Gasteiger partial charge in [-0.1, -0.05) is 23.9 Å². The number of methoxy groups -OCH3 is 1. The average Bonchev–Trinajstić information content (AvgIpc) is 2.32. The standard InChI is InChI=1S/C15H20O2S/c1-11-10-15(17-4)12(2)9-14(11)7-5-6-8-18-13(3)16/h5,7,9-10H,6,8H2,1-4H3. The van der Waals surface area contributed by atoms with Gasteiger partial charge >= 0.3 is 0 Å². The molecule has 1 aromatic rings. The van der Waals surface area contributed by atoms with E-state index in [9.17, 15) is 4.79 Å². The van der Waals surface area contributed by atoms with Gasteiger partial charge in [-0.15, -0.1) is 0 Å². The smallest absolute Gasteiger partial charge is 0.185 e. The summed E-state index contributed by atoms with van der Waals surface area (Å²) in [5, 5.41) is 0.180. The van der Waals surface area contributed by atoms with Crippen molar-refractivity contribution >= 4 is 23.0 Å². The second-order valence-corrected chi connectivity index (χ2v) is 5.48. The second-order valence-electron chi connectivity index (χ2n) is 4.21. The molecule has 0 saturated heterocycles. The third-order valence-corrected chi connectivity index (χ3v) is 3.52. The number of allylic oxidation sites excluding steroid dienone is 1. The summed E-state index contributed by atoms with van der Waals surface area (Å²) < 4.78 is 5.29. The number of carbonyl (C=O) groups excluding carboxylic acids is 1. The van der Waals surface area contributed by atoms with Crippen LogP contribution >= 0.6 is 11.8 Å². The summed E-state index contributed by atoms with van der Waals surface area (Å²) in [5.41, 5.74) is 3.55. The van der Waals surface area contributed by atoms with Crippen molar-refractivity contribution < 1.29 is 9.53 Å². The van der Waals surface area contributed by atoms with Crippen LogP contribution in [-0.4, -0.2) is 18.0 Å². The Morgan fingerprint density at radius 2 is 2.06 bits per heavy atom. The molecule has 2 nitrogen and oxygen atoms in total. The molecule has 0 spiro atoms. The van der Waals surface area contributed by atoms with E-state index in [-0.39, 0.29) is 5.12 Å². The minimum atomic E-state index is 0.180. The molecule has 98 valence electrons. The molecule has 0 atom stereocenters. The number of hydrogen-bond donors (Lipinski definition) is 0. The highest BCUT2D eigenvalue weighted by molar-refractivity contribution is 8.13. The maximum Gasteiger partial charge on any atom is 0.185 e. The predicted octanol–water partition coefficient (Wildman–Crippen LogP) is 4.00. The summed E-state index contributed by atoms with van der Waals surface area (Å²) in [5.74, 6) is 1.77. The summed E-state index contributed by atoms with van der Waals surface area (Å²) in [7, 11) is 1.69. The molecule has 0 radical (unpaired) electrons. The molecule has 0 saturated carbocycles. The zero-order valence-corrected chi connectivity index (χ0v) is 12.3. The zero-order chi connectivity index (χ0) is 13.5. The number of ether oxygens (including phenoxy) is 1. The maximum atomic E-state index is 10.8. The zero-order valence-electron chi connectivity index (χ0n) is 11.4. The fourth-order valence-corrected chi connectivity index (χ4v) is 2.23. The van der Waals surface area contributed by atoms with Crippen molar-refractivity contribution in [2.24, 2.45) is 0 Å². The van der Waals surface area contributed by atoms with Crippen molar-refractivity contribution in [2.75, 3.05) is 12.9 Å². The summed E-state index contributed by atoms with van der Waals surface area (Å²) in [4.78, 5) is 10.8. The van der Waals surface area contributed by atoms with Crippen LogP contribution < -0.4 is 4.74 Å². The Hall–Kier alpha value is -1.22. The number of carbonyl (C=O) groups is 1. The number of benzene rings is 1. The normalized spacial score (nSPS) is 10.9. The molecule has 0 fully saturated rings. The van der Waals surface area contributed by atoms with Gasteiger partial charge in [-0.2, -0.15) is 0 Å². The molecule has 0 aliphatic heterocycles. The molecular weight excluding hydrogens is 244 g/mol. The van der Waals surface area contributed by atoms with E-state index < -0.39 is 0 Å². The molecule has 1 rings (SSSR count). The van der Waals surface area contributed by atoms with Crippen LogP contribution in [0.2, 0.25) is 0 Å². The lowest BCUT2D eigenvalue weighted by molar-refractivity contribution is -0.109. The minimum Gasteiger partial charge on any atom is -0.496 e. The van der Waals surface area contributed by atoms with Gasteiger partial charge in [0, 0.05) is 12.7 Å². The molecule has 0 unspecified atom stereocenters. The van der Waals surface area contributed by atoms with Gasteiger partial charge in [-0.25, -0.2) is 0 Å². The van der Waals surface area contributed by atoms with E-state index in [4.69, 9.17) is 4.74 Å². The van der Waals surface area contributed by atoms with Crippen molar-refractivity contribution in [1.29, 1.82) is 0 Å². The Kier molecular flexibility index (Phi) is 5.99. The lowest BCUT2D eigenvalue weighted by atomic mass is 10.0. The Morgan fingerprint density at radius 1 is 1.33 bits per heavy atom. The predicted molar refractivity (Wildman–Crippen MR) is 79.3 cm³/mol. The van der Waals surface area contributed by atoms with Crippen molar-refractivity contribution in [1.82, 2.24) is 0 Å². The molecule has 18 heavy (non-hydrogen) atoms. The van der Waals surface area contributed by atoms with Crippen molar-refractivity contribution in [2.45, 2.75) is 27.2 Å². The van der Waals surface area contributed by atoms with E-state index in [2.05, 4.69) is 31.2 Å². The molecule has 0 N–H and O–H groups in total.